The molecule has 0 radical (unpaired) electrons. The fourth-order valence-corrected chi connectivity index (χ4v) is 2.32. The van der Waals surface area contributed by atoms with E-state index in [0.717, 1.165) is 32.1 Å². The van der Waals surface area contributed by atoms with E-state index in [1.54, 1.807) is 0 Å². The number of carbonyl (C=O) groups excluding carboxylic acids is 2. The lowest BCUT2D eigenvalue weighted by atomic mass is 9.97. The van der Waals surface area contributed by atoms with E-state index in [-0.39, 0.29) is 11.8 Å². The highest BCUT2D eigenvalue weighted by Crippen LogP contribution is 2.16. The fourth-order valence-electron chi connectivity index (χ4n) is 1.97. The van der Waals surface area contributed by atoms with E-state index in [2.05, 4.69) is 17.9 Å². The molecule has 1 fully saturated rings. The summed E-state index contributed by atoms with van der Waals surface area (Å²) in [5.41, 5.74) is 5.25. The zero-order valence-corrected chi connectivity index (χ0v) is 10.3. The Morgan fingerprint density at radius 2 is 1.94 bits per heavy atom. The third-order valence-electron chi connectivity index (χ3n) is 3.05. The first-order valence-electron chi connectivity index (χ1n) is 5.85. The number of nitrogens with two attached hydrogens (primary N) is 1. The molecule has 2 atom stereocenters. The molecule has 0 aromatic heterocycles. The van der Waals surface area contributed by atoms with Crippen LogP contribution in [0.25, 0.3) is 0 Å². The first kappa shape index (κ1) is 13.4. The molecule has 0 saturated carbocycles. The van der Waals surface area contributed by atoms with E-state index >= 15 is 0 Å². The molecular weight excluding hydrogens is 224 g/mol. The number of hydrogen-bond donors (Lipinski definition) is 3. The van der Waals surface area contributed by atoms with Crippen molar-refractivity contribution in [3.05, 3.63) is 0 Å². The van der Waals surface area contributed by atoms with Gasteiger partial charge in [-0.2, -0.15) is 12.6 Å². The summed E-state index contributed by atoms with van der Waals surface area (Å²) in [6.07, 6.45) is 5.71. The standard InChI is InChI=1S/C11H20N2O2S/c12-10(14)9-6-4-2-1-3-5-8(7-16)11(15)13-9/h8-9,16H,1-7H2,(H2,12,14)(H,13,15). The number of amides is 2. The predicted octanol–water partition coefficient (Wildman–Crippen LogP) is 0.857. The maximum absolute atomic E-state index is 11.8. The minimum absolute atomic E-state index is 0.0827. The minimum Gasteiger partial charge on any atom is -0.368 e. The van der Waals surface area contributed by atoms with Crippen molar-refractivity contribution < 1.29 is 9.59 Å². The molecule has 5 heteroatoms. The first-order valence-corrected chi connectivity index (χ1v) is 6.49. The summed E-state index contributed by atoms with van der Waals surface area (Å²) in [6, 6.07) is -0.506. The van der Waals surface area contributed by atoms with Gasteiger partial charge in [0.25, 0.3) is 0 Å². The van der Waals surface area contributed by atoms with Crippen LogP contribution in [-0.2, 0) is 9.59 Å². The van der Waals surface area contributed by atoms with Gasteiger partial charge in [0, 0.05) is 11.7 Å². The van der Waals surface area contributed by atoms with Gasteiger partial charge in [-0.25, -0.2) is 0 Å². The molecule has 2 unspecified atom stereocenters. The number of primary amides is 1. The number of thiol groups is 1. The van der Waals surface area contributed by atoms with Crippen LogP contribution in [-0.4, -0.2) is 23.6 Å². The molecule has 2 amide bonds. The van der Waals surface area contributed by atoms with Gasteiger partial charge in [-0.1, -0.05) is 25.7 Å². The van der Waals surface area contributed by atoms with E-state index in [1.807, 2.05) is 0 Å². The normalized spacial score (nSPS) is 28.2. The van der Waals surface area contributed by atoms with E-state index in [4.69, 9.17) is 5.73 Å². The Balaban J connectivity index is 2.63. The van der Waals surface area contributed by atoms with Gasteiger partial charge in [-0.3, -0.25) is 9.59 Å². The largest absolute Gasteiger partial charge is 0.368 e. The van der Waals surface area contributed by atoms with Crippen molar-refractivity contribution in [3.63, 3.8) is 0 Å². The van der Waals surface area contributed by atoms with Gasteiger partial charge in [0.1, 0.15) is 6.04 Å². The van der Waals surface area contributed by atoms with Crippen molar-refractivity contribution in [2.75, 3.05) is 5.75 Å². The molecule has 1 heterocycles. The van der Waals surface area contributed by atoms with E-state index in [1.165, 1.54) is 0 Å². The Bertz CT molecular complexity index is 258. The van der Waals surface area contributed by atoms with Gasteiger partial charge in [-0.05, 0) is 12.8 Å². The maximum Gasteiger partial charge on any atom is 0.239 e. The summed E-state index contributed by atoms with van der Waals surface area (Å²) in [4.78, 5) is 23.0. The zero-order valence-electron chi connectivity index (χ0n) is 9.45. The summed E-state index contributed by atoms with van der Waals surface area (Å²) in [5.74, 6) is -0.0899. The minimum atomic E-state index is -0.506. The topological polar surface area (TPSA) is 72.2 Å². The fraction of sp³-hybridized carbons (Fsp3) is 0.818. The van der Waals surface area contributed by atoms with E-state index < -0.39 is 11.9 Å². The van der Waals surface area contributed by atoms with Gasteiger partial charge in [0.2, 0.25) is 11.8 Å². The molecule has 16 heavy (non-hydrogen) atoms. The van der Waals surface area contributed by atoms with Crippen molar-refractivity contribution >= 4 is 24.4 Å². The van der Waals surface area contributed by atoms with E-state index in [9.17, 15) is 9.59 Å². The molecular formula is C11H20N2O2S. The van der Waals surface area contributed by atoms with Crippen molar-refractivity contribution in [1.29, 1.82) is 0 Å². The van der Waals surface area contributed by atoms with Gasteiger partial charge >= 0.3 is 0 Å². The average molecular weight is 244 g/mol. The lowest BCUT2D eigenvalue weighted by molar-refractivity contribution is -0.129. The third-order valence-corrected chi connectivity index (χ3v) is 3.49. The van der Waals surface area contributed by atoms with Crippen LogP contribution >= 0.6 is 12.6 Å². The van der Waals surface area contributed by atoms with Crippen LogP contribution in [0.4, 0.5) is 0 Å². The first-order chi connectivity index (χ1) is 7.65. The van der Waals surface area contributed by atoms with Crippen LogP contribution < -0.4 is 11.1 Å². The monoisotopic (exact) mass is 244 g/mol. The Morgan fingerprint density at radius 1 is 1.31 bits per heavy atom. The summed E-state index contributed by atoms with van der Waals surface area (Å²) < 4.78 is 0. The second kappa shape index (κ2) is 6.78. The van der Waals surface area contributed by atoms with Crippen molar-refractivity contribution in [2.24, 2.45) is 11.7 Å². The predicted molar refractivity (Wildman–Crippen MR) is 66.2 cm³/mol. The van der Waals surface area contributed by atoms with Gasteiger partial charge < -0.3 is 11.1 Å². The Kier molecular flexibility index (Phi) is 5.66. The third kappa shape index (κ3) is 4.04. The highest BCUT2D eigenvalue weighted by molar-refractivity contribution is 7.80. The number of carbonyl (C=O) groups is 2. The van der Waals surface area contributed by atoms with Gasteiger partial charge in [0.15, 0.2) is 0 Å². The smallest absolute Gasteiger partial charge is 0.239 e. The average Bonchev–Trinajstić information content (AvgIpc) is 2.26. The summed E-state index contributed by atoms with van der Waals surface area (Å²) >= 11 is 4.17. The lowest BCUT2D eigenvalue weighted by Gasteiger charge is -2.21. The zero-order chi connectivity index (χ0) is 12.0. The Morgan fingerprint density at radius 3 is 2.50 bits per heavy atom. The Labute approximate surface area is 102 Å². The number of nitrogens with one attached hydrogen (secondary N) is 1. The van der Waals surface area contributed by atoms with Crippen molar-refractivity contribution in [3.8, 4) is 0 Å². The maximum atomic E-state index is 11.8. The van der Waals surface area contributed by atoms with Crippen LogP contribution in [0.3, 0.4) is 0 Å². The molecule has 0 aromatic rings. The molecule has 1 aliphatic heterocycles. The SMILES string of the molecule is NC(=O)C1CCCCCCC(CS)C(=O)N1. The Hall–Kier alpha value is -0.710. The van der Waals surface area contributed by atoms with Crippen LogP contribution in [0, 0.1) is 5.92 Å². The highest BCUT2D eigenvalue weighted by Gasteiger charge is 2.23. The van der Waals surface area contributed by atoms with E-state index in [0.29, 0.717) is 12.2 Å². The van der Waals surface area contributed by atoms with Gasteiger partial charge in [-0.15, -0.1) is 0 Å². The number of hydrogen-bond acceptors (Lipinski definition) is 3. The van der Waals surface area contributed by atoms with Crippen LogP contribution in [0.5, 0.6) is 0 Å². The molecule has 0 aliphatic carbocycles. The second-order valence-electron chi connectivity index (χ2n) is 4.33. The van der Waals surface area contributed by atoms with Crippen LogP contribution in [0.2, 0.25) is 0 Å². The molecule has 1 rings (SSSR count). The van der Waals surface area contributed by atoms with Crippen LogP contribution in [0.15, 0.2) is 0 Å². The van der Waals surface area contributed by atoms with Crippen molar-refractivity contribution in [2.45, 2.75) is 44.6 Å². The highest BCUT2D eigenvalue weighted by atomic mass is 32.1. The summed E-state index contributed by atoms with van der Waals surface area (Å²) in [6.45, 7) is 0. The molecule has 4 nitrogen and oxygen atoms in total. The molecule has 92 valence electrons. The molecule has 3 N–H and O–H groups in total. The van der Waals surface area contributed by atoms with Gasteiger partial charge in [0.05, 0.1) is 0 Å². The summed E-state index contributed by atoms with van der Waals surface area (Å²) in [5, 5.41) is 2.72. The molecule has 0 spiro atoms. The molecule has 1 aliphatic rings. The molecule has 0 bridgehead atoms. The summed E-state index contributed by atoms with van der Waals surface area (Å²) in [7, 11) is 0. The lowest BCUT2D eigenvalue weighted by Crippen LogP contribution is -2.47. The quantitative estimate of drug-likeness (QED) is 0.630. The molecule has 0 aromatic carbocycles. The van der Waals surface area contributed by atoms with Crippen molar-refractivity contribution in [1.82, 2.24) is 5.32 Å². The second-order valence-corrected chi connectivity index (χ2v) is 4.70. The molecule has 1 saturated heterocycles. The van der Waals surface area contributed by atoms with Crippen LogP contribution in [0.1, 0.15) is 38.5 Å². The number of rotatable bonds is 2.